The maximum absolute atomic E-state index is 5.76. The van der Waals surface area contributed by atoms with Gasteiger partial charge in [-0.25, -0.2) is 0 Å². The Balaban J connectivity index is 1.65. The molecular weight excluding hydrogens is 400 g/mol. The van der Waals surface area contributed by atoms with Crippen molar-refractivity contribution < 1.29 is 4.74 Å². The number of hydrogen-bond donors (Lipinski definition) is 1. The molecular formula is C27H40N2OS. The Morgan fingerprint density at radius 2 is 1.19 bits per heavy atom. The molecule has 0 aliphatic rings. The Kier molecular flexibility index (Phi) is 13.8. The van der Waals surface area contributed by atoms with Crippen LogP contribution in [0.5, 0.6) is 5.75 Å². The molecule has 0 aromatic heterocycles. The maximum atomic E-state index is 5.76. The molecule has 0 aliphatic heterocycles. The monoisotopic (exact) mass is 440 g/mol. The Morgan fingerprint density at radius 3 is 1.81 bits per heavy atom. The summed E-state index contributed by atoms with van der Waals surface area (Å²) in [4.78, 5) is 0. The summed E-state index contributed by atoms with van der Waals surface area (Å²) in [6.07, 6.45) is 15.4. The average Bonchev–Trinajstić information content (AvgIpc) is 2.81. The SMILES string of the molecule is CCCCCCCCCCc1ccc(N=Nc2ccc(OCCCCCS)cc2)cc1. The highest BCUT2D eigenvalue weighted by Crippen LogP contribution is 2.22. The van der Waals surface area contributed by atoms with Gasteiger partial charge >= 0.3 is 0 Å². The molecule has 2 aromatic rings. The smallest absolute Gasteiger partial charge is 0.119 e. The van der Waals surface area contributed by atoms with E-state index in [-0.39, 0.29) is 0 Å². The third-order valence-corrected chi connectivity index (χ3v) is 5.76. The zero-order chi connectivity index (χ0) is 22.0. The molecule has 170 valence electrons. The minimum atomic E-state index is 0.750. The summed E-state index contributed by atoms with van der Waals surface area (Å²) < 4.78 is 5.76. The minimum Gasteiger partial charge on any atom is -0.494 e. The van der Waals surface area contributed by atoms with Crippen LogP contribution in [0.15, 0.2) is 58.8 Å². The first kappa shape index (κ1) is 25.5. The second-order valence-corrected chi connectivity index (χ2v) is 8.67. The first-order chi connectivity index (χ1) is 15.3. The summed E-state index contributed by atoms with van der Waals surface area (Å²) in [5, 5.41) is 8.71. The van der Waals surface area contributed by atoms with E-state index in [0.717, 1.165) is 55.2 Å². The molecule has 0 saturated carbocycles. The lowest BCUT2D eigenvalue weighted by atomic mass is 10.0. The van der Waals surface area contributed by atoms with Crippen LogP contribution in [0.2, 0.25) is 0 Å². The minimum absolute atomic E-state index is 0.750. The Labute approximate surface area is 195 Å². The van der Waals surface area contributed by atoms with Gasteiger partial charge in [-0.2, -0.15) is 22.9 Å². The van der Waals surface area contributed by atoms with E-state index in [2.05, 4.69) is 54.0 Å². The molecule has 3 nitrogen and oxygen atoms in total. The van der Waals surface area contributed by atoms with E-state index < -0.39 is 0 Å². The van der Waals surface area contributed by atoms with Crippen molar-refractivity contribution in [3.63, 3.8) is 0 Å². The summed E-state index contributed by atoms with van der Waals surface area (Å²) in [7, 11) is 0. The van der Waals surface area contributed by atoms with Crippen molar-refractivity contribution >= 4 is 24.0 Å². The first-order valence-corrected chi connectivity index (χ1v) is 12.8. The van der Waals surface area contributed by atoms with Crippen molar-refractivity contribution in [3.8, 4) is 5.75 Å². The molecule has 4 heteroatoms. The van der Waals surface area contributed by atoms with Gasteiger partial charge in [-0.15, -0.1) is 0 Å². The van der Waals surface area contributed by atoms with Gasteiger partial charge in [0.2, 0.25) is 0 Å². The largest absolute Gasteiger partial charge is 0.494 e. The fourth-order valence-corrected chi connectivity index (χ4v) is 3.72. The zero-order valence-corrected chi connectivity index (χ0v) is 20.2. The number of unbranched alkanes of at least 4 members (excludes halogenated alkanes) is 9. The Bertz CT molecular complexity index is 713. The van der Waals surface area contributed by atoms with E-state index in [4.69, 9.17) is 4.74 Å². The molecule has 2 aromatic carbocycles. The summed E-state index contributed by atoms with van der Waals surface area (Å²) in [5.41, 5.74) is 3.12. The van der Waals surface area contributed by atoms with Crippen molar-refractivity contribution in [1.29, 1.82) is 0 Å². The van der Waals surface area contributed by atoms with Gasteiger partial charge in [-0.1, -0.05) is 64.0 Å². The fraction of sp³-hybridized carbons (Fsp3) is 0.556. The van der Waals surface area contributed by atoms with Crippen molar-refractivity contribution in [1.82, 2.24) is 0 Å². The van der Waals surface area contributed by atoms with Crippen LogP contribution in [0.4, 0.5) is 11.4 Å². The number of thiol groups is 1. The number of nitrogens with zero attached hydrogens (tertiary/aromatic N) is 2. The summed E-state index contributed by atoms with van der Waals surface area (Å²) in [5.74, 6) is 1.83. The van der Waals surface area contributed by atoms with Gasteiger partial charge in [0.1, 0.15) is 5.75 Å². The number of aryl methyl sites for hydroxylation is 1. The summed E-state index contributed by atoms with van der Waals surface area (Å²) in [6.45, 7) is 3.02. The molecule has 0 saturated heterocycles. The molecule has 0 N–H and O–H groups in total. The van der Waals surface area contributed by atoms with E-state index in [1.54, 1.807) is 0 Å². The summed E-state index contributed by atoms with van der Waals surface area (Å²) in [6, 6.07) is 16.3. The van der Waals surface area contributed by atoms with E-state index in [9.17, 15) is 0 Å². The van der Waals surface area contributed by atoms with Crippen LogP contribution in [-0.4, -0.2) is 12.4 Å². The van der Waals surface area contributed by atoms with E-state index >= 15 is 0 Å². The lowest BCUT2D eigenvalue weighted by molar-refractivity contribution is 0.306. The highest BCUT2D eigenvalue weighted by Gasteiger charge is 1.98. The molecule has 0 fully saturated rings. The quantitative estimate of drug-likeness (QED) is 0.148. The van der Waals surface area contributed by atoms with Crippen molar-refractivity contribution in [2.45, 2.75) is 84.0 Å². The van der Waals surface area contributed by atoms with E-state index in [0.29, 0.717) is 0 Å². The van der Waals surface area contributed by atoms with Gasteiger partial charge in [0.25, 0.3) is 0 Å². The molecule has 0 aliphatic carbocycles. The van der Waals surface area contributed by atoms with Crippen LogP contribution in [0.3, 0.4) is 0 Å². The van der Waals surface area contributed by atoms with E-state index in [1.165, 1.54) is 56.9 Å². The maximum Gasteiger partial charge on any atom is 0.119 e. The molecule has 0 heterocycles. The molecule has 31 heavy (non-hydrogen) atoms. The third kappa shape index (κ3) is 12.0. The zero-order valence-electron chi connectivity index (χ0n) is 19.3. The van der Waals surface area contributed by atoms with Crippen molar-refractivity contribution in [3.05, 3.63) is 54.1 Å². The molecule has 2 rings (SSSR count). The molecule has 0 amide bonds. The lowest BCUT2D eigenvalue weighted by Crippen LogP contribution is -1.96. The lowest BCUT2D eigenvalue weighted by Gasteiger charge is -2.05. The van der Waals surface area contributed by atoms with Gasteiger partial charge in [0, 0.05) is 0 Å². The normalized spacial score (nSPS) is 11.3. The molecule has 0 radical (unpaired) electrons. The number of azo groups is 1. The standard InChI is InChI=1S/C27H40N2OS/c1-2-3-4-5-6-7-8-10-13-24-14-16-25(17-15-24)28-29-26-18-20-27(21-19-26)30-22-11-9-12-23-31/h14-21,31H,2-13,22-23H2,1H3. The first-order valence-electron chi connectivity index (χ1n) is 12.2. The second kappa shape index (κ2) is 16.8. The number of hydrogen-bond acceptors (Lipinski definition) is 4. The Hall–Kier alpha value is -1.81. The molecule has 0 spiro atoms. The van der Waals surface area contributed by atoms with Crippen LogP contribution in [0, 0.1) is 0 Å². The van der Waals surface area contributed by atoms with E-state index in [1.807, 2.05) is 24.3 Å². The predicted octanol–water partition coefficient (Wildman–Crippen LogP) is 9.26. The van der Waals surface area contributed by atoms with Gasteiger partial charge in [0.05, 0.1) is 18.0 Å². The van der Waals surface area contributed by atoms with Crippen molar-refractivity contribution in [2.24, 2.45) is 10.2 Å². The fourth-order valence-electron chi connectivity index (χ4n) is 3.50. The molecule has 0 unspecified atom stereocenters. The van der Waals surface area contributed by atoms with Gasteiger partial charge in [-0.05, 0) is 79.8 Å². The number of rotatable bonds is 17. The van der Waals surface area contributed by atoms with Gasteiger partial charge in [0.15, 0.2) is 0 Å². The van der Waals surface area contributed by atoms with Crippen LogP contribution < -0.4 is 4.74 Å². The van der Waals surface area contributed by atoms with Crippen molar-refractivity contribution in [2.75, 3.05) is 12.4 Å². The second-order valence-electron chi connectivity index (χ2n) is 8.22. The number of benzene rings is 2. The Morgan fingerprint density at radius 1 is 0.645 bits per heavy atom. The summed E-state index contributed by atoms with van der Waals surface area (Å²) >= 11 is 4.23. The van der Waals surface area contributed by atoms with Gasteiger partial charge in [-0.3, -0.25) is 0 Å². The highest BCUT2D eigenvalue weighted by molar-refractivity contribution is 7.80. The topological polar surface area (TPSA) is 34.0 Å². The van der Waals surface area contributed by atoms with Gasteiger partial charge < -0.3 is 4.74 Å². The van der Waals surface area contributed by atoms with Crippen LogP contribution in [0.1, 0.15) is 83.1 Å². The predicted molar refractivity (Wildman–Crippen MR) is 137 cm³/mol. The van der Waals surface area contributed by atoms with Crippen LogP contribution in [-0.2, 0) is 6.42 Å². The van der Waals surface area contributed by atoms with Crippen LogP contribution >= 0.6 is 12.6 Å². The molecule has 0 atom stereocenters. The third-order valence-electron chi connectivity index (χ3n) is 5.44. The molecule has 0 bridgehead atoms. The highest BCUT2D eigenvalue weighted by atomic mass is 32.1. The van der Waals surface area contributed by atoms with Crippen LogP contribution in [0.25, 0.3) is 0 Å². The number of ether oxygens (including phenoxy) is 1. The average molecular weight is 441 g/mol.